The zero-order valence-electron chi connectivity index (χ0n) is 35.7. The smallest absolute Gasteiger partial charge is 0.319 e. The lowest BCUT2D eigenvalue weighted by Crippen LogP contribution is -2.59. The second kappa shape index (κ2) is 20.0. The quantitative estimate of drug-likeness (QED) is 0.109. The van der Waals surface area contributed by atoms with Crippen molar-refractivity contribution in [3.05, 3.63) is 47.5 Å². The molecule has 2 aromatic heterocycles. The highest BCUT2D eigenvalue weighted by Gasteiger charge is 2.47. The summed E-state index contributed by atoms with van der Waals surface area (Å²) in [6.07, 6.45) is 1.51. The number of hydrogen-bond acceptors (Lipinski definition) is 12. The molecule has 18 nitrogen and oxygen atoms in total. The molecular formula is C43H58N10O8S2. The van der Waals surface area contributed by atoms with Gasteiger partial charge in [0, 0.05) is 56.0 Å². The molecule has 7 rings (SSSR count). The summed E-state index contributed by atoms with van der Waals surface area (Å²) in [5, 5.41) is 16.2. The molecule has 5 heterocycles. The minimum absolute atomic E-state index is 0. The van der Waals surface area contributed by atoms with Gasteiger partial charge in [-0.1, -0.05) is 45.5 Å². The first-order chi connectivity index (χ1) is 29.6. The van der Waals surface area contributed by atoms with Crippen molar-refractivity contribution in [2.45, 2.75) is 71.9 Å². The van der Waals surface area contributed by atoms with Crippen molar-refractivity contribution in [1.29, 1.82) is 0 Å². The highest BCUT2D eigenvalue weighted by atomic mass is 32.1. The van der Waals surface area contributed by atoms with Crippen LogP contribution in [0.3, 0.4) is 0 Å². The summed E-state index contributed by atoms with van der Waals surface area (Å²) in [4.78, 5) is 83.8. The number of carbonyl (C=O) groups is 6. The van der Waals surface area contributed by atoms with E-state index in [1.165, 1.54) is 22.7 Å². The Morgan fingerprint density at radius 2 is 1.21 bits per heavy atom. The van der Waals surface area contributed by atoms with E-state index in [2.05, 4.69) is 26.6 Å². The van der Waals surface area contributed by atoms with Gasteiger partial charge in [-0.2, -0.15) is 0 Å². The Balaban J connectivity index is 0.000000236. The lowest BCUT2D eigenvalue weighted by atomic mass is 9.87. The van der Waals surface area contributed by atoms with E-state index in [1.807, 2.05) is 52.0 Å². The molecule has 0 saturated carbocycles. The molecule has 63 heavy (non-hydrogen) atoms. The highest BCUT2D eigenvalue weighted by molar-refractivity contribution is 7.24. The number of fused-ring (bicyclic) bond motifs is 2. The van der Waals surface area contributed by atoms with E-state index in [1.54, 1.807) is 36.2 Å². The maximum atomic E-state index is 13.7. The van der Waals surface area contributed by atoms with E-state index in [0.717, 1.165) is 14.8 Å². The summed E-state index contributed by atoms with van der Waals surface area (Å²) in [6.45, 7) is 9.98. The number of primary amides is 1. The first kappa shape index (κ1) is 48.0. The van der Waals surface area contributed by atoms with E-state index in [9.17, 15) is 28.8 Å². The number of carbonyl (C=O) groups excluding carboxylic acids is 6. The molecule has 2 fully saturated rings. The Labute approximate surface area is 374 Å². The van der Waals surface area contributed by atoms with Crippen LogP contribution >= 0.6 is 22.7 Å². The number of amidine groups is 1. The Kier molecular flexibility index (Phi) is 15.3. The molecule has 340 valence electrons. The number of hydrogen-bond donors (Lipinski definition) is 7. The summed E-state index contributed by atoms with van der Waals surface area (Å²) in [5.41, 5.74) is 10.4. The second-order valence-corrected chi connectivity index (χ2v) is 17.5. The number of piperidine rings is 2. The normalized spacial score (nSPS) is 16.3. The predicted molar refractivity (Wildman–Crippen MR) is 248 cm³/mol. The number of nitrogens with one attached hydrogen (secondary N) is 5. The molecule has 2 aromatic carbocycles. The van der Waals surface area contributed by atoms with Crippen LogP contribution in [0.15, 0.2) is 41.4 Å². The minimum Gasteiger partial charge on any atom is -0.495 e. The van der Waals surface area contributed by atoms with Gasteiger partial charge in [0.05, 0.1) is 40.3 Å². The van der Waals surface area contributed by atoms with Gasteiger partial charge in [0.1, 0.15) is 32.9 Å². The van der Waals surface area contributed by atoms with Gasteiger partial charge in [0.25, 0.3) is 17.7 Å². The predicted octanol–water partition coefficient (Wildman–Crippen LogP) is 5.32. The van der Waals surface area contributed by atoms with E-state index in [-0.39, 0.29) is 43.1 Å². The fourth-order valence-electron chi connectivity index (χ4n) is 7.63. The van der Waals surface area contributed by atoms with E-state index >= 15 is 0 Å². The van der Waals surface area contributed by atoms with Crippen molar-refractivity contribution < 1.29 is 38.2 Å². The van der Waals surface area contributed by atoms with Crippen LogP contribution in [-0.2, 0) is 9.59 Å². The summed E-state index contributed by atoms with van der Waals surface area (Å²) >= 11 is 2.60. The Morgan fingerprint density at radius 3 is 1.57 bits per heavy atom. The molecule has 0 radical (unpaired) electrons. The number of aliphatic imine (C=N–C) groups is 1. The molecule has 0 unspecified atom stereocenters. The number of anilines is 2. The van der Waals surface area contributed by atoms with Crippen molar-refractivity contribution in [2.75, 3.05) is 64.1 Å². The fourth-order valence-corrected chi connectivity index (χ4v) is 9.99. The van der Waals surface area contributed by atoms with Crippen LogP contribution in [0.25, 0.3) is 20.2 Å². The first-order valence-electron chi connectivity index (χ1n) is 20.5. The lowest BCUT2D eigenvalue weighted by Gasteiger charge is -2.37. The second-order valence-electron chi connectivity index (χ2n) is 15.5. The molecule has 4 aromatic rings. The van der Waals surface area contributed by atoms with E-state index < -0.39 is 17.0 Å². The van der Waals surface area contributed by atoms with Gasteiger partial charge < -0.3 is 46.7 Å². The molecule has 3 aliphatic heterocycles. The number of amides is 8. The van der Waals surface area contributed by atoms with Gasteiger partial charge in [0.15, 0.2) is 0 Å². The molecule has 3 aliphatic rings. The topological polar surface area (TPSA) is 252 Å². The average molecular weight is 907 g/mol. The van der Waals surface area contributed by atoms with Crippen molar-refractivity contribution in [2.24, 2.45) is 22.4 Å². The number of nitrogens with two attached hydrogens (primary N) is 2. The highest BCUT2D eigenvalue weighted by Crippen LogP contribution is 2.43. The number of nitrogens with zero attached hydrogens (tertiary/aromatic N) is 3. The Hall–Kier alpha value is -5.99. The summed E-state index contributed by atoms with van der Waals surface area (Å²) in [5.74, 6) is 1.07. The summed E-state index contributed by atoms with van der Waals surface area (Å²) < 4.78 is 12.5. The van der Waals surface area contributed by atoms with Crippen molar-refractivity contribution in [3.63, 3.8) is 0 Å². The van der Waals surface area contributed by atoms with Crippen molar-refractivity contribution >= 4 is 94.4 Å². The maximum Gasteiger partial charge on any atom is 0.319 e. The molecule has 8 amide bonds. The molecule has 20 heteroatoms. The van der Waals surface area contributed by atoms with Crippen molar-refractivity contribution in [1.82, 2.24) is 25.8 Å². The van der Waals surface area contributed by atoms with Gasteiger partial charge >= 0.3 is 12.1 Å². The molecule has 9 N–H and O–H groups in total. The van der Waals surface area contributed by atoms with Gasteiger partial charge in [-0.3, -0.25) is 34.8 Å². The van der Waals surface area contributed by atoms with Gasteiger partial charge in [-0.05, 0) is 51.7 Å². The van der Waals surface area contributed by atoms with Crippen LogP contribution in [0.5, 0.6) is 11.5 Å². The van der Waals surface area contributed by atoms with Crippen LogP contribution in [0.1, 0.15) is 81.5 Å². The molecule has 0 atom stereocenters. The summed E-state index contributed by atoms with van der Waals surface area (Å²) in [6, 6.07) is 10.2. The van der Waals surface area contributed by atoms with Crippen LogP contribution in [0.4, 0.5) is 19.6 Å². The SMILES string of the molecule is C.CCNC(=O)Nc1sc2c(OC)cccc2c1C(=O)N1CCC(N)(C(N)=O)CC1.CCNC(=O)Nc1sc2c(OC)cccc2c1C(=O)N1CCC2(CC1)N=C(C(C)C)NC2=O. The molecule has 1 spiro atoms. The third kappa shape index (κ3) is 9.82. The number of likely N-dealkylation sites (tertiary alicyclic amines) is 2. The number of methoxy groups -OCH3 is 2. The monoisotopic (exact) mass is 906 g/mol. The average Bonchev–Trinajstić information content (AvgIpc) is 3.91. The minimum atomic E-state index is -1.10. The standard InChI is InChI=1S/C23H29N5O4S.C19H25N5O4S.CH4/c1-5-24-22(31)26-19-16(14-7-6-8-15(32-4)17(14)33-19)20(29)28-11-9-23(10-12-28)21(30)25-18(27-23)13(2)3;1-3-22-18(27)23-15-13(11-5-4-6-12(28-2)14(11)29-15)16(25)24-9-7-19(21,8-10-24)17(20)26;/h6-8,13H,5,9-12H2,1-4H3,(H2,24,26,31)(H,25,27,30);4-6H,3,7-10,21H2,1-2H3,(H2,20,26)(H2,22,23,27);1H4. The fraction of sp³-hybridized carbons (Fsp3) is 0.465. The largest absolute Gasteiger partial charge is 0.495 e. The number of ether oxygens (including phenoxy) is 2. The molecule has 0 bridgehead atoms. The van der Waals surface area contributed by atoms with Crippen LogP contribution in [-0.4, -0.2) is 116 Å². The Morgan fingerprint density at radius 1 is 0.778 bits per heavy atom. The number of thiophene rings is 2. The van der Waals surface area contributed by atoms with Crippen molar-refractivity contribution in [3.8, 4) is 11.5 Å². The molecule has 2 saturated heterocycles. The van der Waals surface area contributed by atoms with Crippen LogP contribution in [0.2, 0.25) is 0 Å². The zero-order valence-corrected chi connectivity index (χ0v) is 37.3. The lowest BCUT2D eigenvalue weighted by molar-refractivity contribution is -0.125. The van der Waals surface area contributed by atoms with Crippen LogP contribution in [0, 0.1) is 5.92 Å². The summed E-state index contributed by atoms with van der Waals surface area (Å²) in [7, 11) is 3.14. The van der Waals surface area contributed by atoms with Gasteiger partial charge in [0.2, 0.25) is 5.91 Å². The van der Waals surface area contributed by atoms with Gasteiger partial charge in [-0.15, -0.1) is 22.7 Å². The maximum absolute atomic E-state index is 13.7. The number of benzene rings is 2. The number of rotatable bonds is 10. The van der Waals surface area contributed by atoms with Crippen LogP contribution < -0.4 is 47.5 Å². The zero-order chi connectivity index (χ0) is 44.9. The molecular weight excluding hydrogens is 849 g/mol. The van der Waals surface area contributed by atoms with E-state index in [4.69, 9.17) is 25.9 Å². The third-order valence-corrected chi connectivity index (χ3v) is 13.5. The first-order valence-corrected chi connectivity index (χ1v) is 22.1. The third-order valence-electron chi connectivity index (χ3n) is 11.2. The Bertz CT molecular complexity index is 2410. The van der Waals surface area contributed by atoms with Gasteiger partial charge in [-0.25, -0.2) is 9.59 Å². The van der Waals surface area contributed by atoms with E-state index in [0.29, 0.717) is 109 Å². The molecule has 0 aliphatic carbocycles. The number of urea groups is 2.